The summed E-state index contributed by atoms with van der Waals surface area (Å²) in [6, 6.07) is 7.77. The van der Waals surface area contributed by atoms with Crippen LogP contribution in [0.2, 0.25) is 0 Å². The second-order valence-electron chi connectivity index (χ2n) is 5.45. The van der Waals surface area contributed by atoms with Gasteiger partial charge in [0.2, 0.25) is 0 Å². The molecule has 1 aliphatic rings. The first-order valence-corrected chi connectivity index (χ1v) is 8.47. The van der Waals surface area contributed by atoms with Gasteiger partial charge in [0, 0.05) is 22.0 Å². The lowest BCUT2D eigenvalue weighted by Gasteiger charge is -2.20. The first-order chi connectivity index (χ1) is 10.3. The number of carbonyl (C=O) groups excluding carboxylic acids is 1. The van der Waals surface area contributed by atoms with Crippen molar-refractivity contribution in [2.24, 2.45) is 5.84 Å². The summed E-state index contributed by atoms with van der Waals surface area (Å²) in [7, 11) is 0. The fourth-order valence-electron chi connectivity index (χ4n) is 2.92. The number of benzene rings is 1. The van der Waals surface area contributed by atoms with Gasteiger partial charge in [-0.05, 0) is 18.9 Å². The van der Waals surface area contributed by atoms with E-state index in [9.17, 15) is 4.79 Å². The number of nitrogens with one attached hydrogen (secondary N) is 1. The van der Waals surface area contributed by atoms with Crippen molar-refractivity contribution >= 4 is 28.6 Å². The summed E-state index contributed by atoms with van der Waals surface area (Å²) in [4.78, 5) is 11.9. The Bertz CT molecular complexity index is 632. The van der Waals surface area contributed by atoms with Gasteiger partial charge in [0.25, 0.3) is 0 Å². The van der Waals surface area contributed by atoms with Gasteiger partial charge in [-0.2, -0.15) is 11.8 Å². The maximum atomic E-state index is 11.9. The van der Waals surface area contributed by atoms with Gasteiger partial charge in [0.1, 0.15) is 5.58 Å². The van der Waals surface area contributed by atoms with E-state index >= 15 is 0 Å². The number of para-hydroxylation sites is 1. The molecule has 1 aromatic heterocycles. The number of hydrazine groups is 1. The van der Waals surface area contributed by atoms with E-state index in [1.54, 1.807) is 0 Å². The van der Waals surface area contributed by atoms with E-state index in [2.05, 4.69) is 5.43 Å². The van der Waals surface area contributed by atoms with Gasteiger partial charge in [-0.1, -0.05) is 37.5 Å². The van der Waals surface area contributed by atoms with Crippen molar-refractivity contribution in [2.75, 3.05) is 0 Å². The first-order valence-electron chi connectivity index (χ1n) is 7.42. The largest absolute Gasteiger partial charge is 0.451 e. The van der Waals surface area contributed by atoms with E-state index in [4.69, 9.17) is 10.3 Å². The maximum Gasteiger partial charge on any atom is 0.301 e. The predicted octanol–water partition coefficient (Wildman–Crippen LogP) is 3.60. The van der Waals surface area contributed by atoms with Crippen LogP contribution >= 0.6 is 11.8 Å². The normalized spacial score (nSPS) is 16.2. The molecule has 1 saturated carbocycles. The van der Waals surface area contributed by atoms with Crippen molar-refractivity contribution in [1.29, 1.82) is 0 Å². The molecule has 1 aliphatic carbocycles. The predicted molar refractivity (Wildman–Crippen MR) is 86.0 cm³/mol. The molecular formula is C16H20N2O2S. The van der Waals surface area contributed by atoms with E-state index < -0.39 is 0 Å². The average molecular weight is 304 g/mol. The van der Waals surface area contributed by atoms with Crippen LogP contribution in [0.3, 0.4) is 0 Å². The van der Waals surface area contributed by atoms with Crippen LogP contribution in [-0.2, 0) is 5.75 Å². The van der Waals surface area contributed by atoms with Gasteiger partial charge < -0.3 is 4.42 Å². The fraction of sp³-hybridized carbons (Fsp3) is 0.438. The van der Waals surface area contributed by atoms with Crippen LogP contribution in [0.25, 0.3) is 11.0 Å². The van der Waals surface area contributed by atoms with Gasteiger partial charge >= 0.3 is 5.91 Å². The molecular weight excluding hydrogens is 284 g/mol. The summed E-state index contributed by atoms with van der Waals surface area (Å²) in [6.45, 7) is 0. The van der Waals surface area contributed by atoms with Crippen LogP contribution in [-0.4, -0.2) is 11.2 Å². The van der Waals surface area contributed by atoms with E-state index in [0.717, 1.165) is 22.3 Å². The number of nitrogen functional groups attached to an aromatic ring is 1. The number of nitrogens with two attached hydrogens (primary N) is 1. The number of rotatable bonds is 4. The Balaban J connectivity index is 1.85. The number of amides is 1. The molecule has 2 aromatic rings. The number of furan rings is 1. The molecule has 4 nitrogen and oxygen atoms in total. The summed E-state index contributed by atoms with van der Waals surface area (Å²) in [5.41, 5.74) is 3.89. The third-order valence-electron chi connectivity index (χ3n) is 4.05. The molecule has 3 N–H and O–H groups in total. The molecule has 0 radical (unpaired) electrons. The molecule has 0 atom stereocenters. The van der Waals surface area contributed by atoms with Crippen LogP contribution in [0, 0.1) is 0 Å². The van der Waals surface area contributed by atoms with Crippen molar-refractivity contribution in [3.8, 4) is 0 Å². The third kappa shape index (κ3) is 3.09. The molecule has 0 bridgehead atoms. The van der Waals surface area contributed by atoms with Gasteiger partial charge in [0.15, 0.2) is 5.76 Å². The summed E-state index contributed by atoms with van der Waals surface area (Å²) < 4.78 is 5.69. The van der Waals surface area contributed by atoms with Crippen LogP contribution in [0.1, 0.15) is 48.2 Å². The molecule has 1 heterocycles. The number of carbonyl (C=O) groups is 1. The van der Waals surface area contributed by atoms with E-state index in [1.165, 1.54) is 32.1 Å². The lowest BCUT2D eigenvalue weighted by Crippen LogP contribution is -2.30. The lowest BCUT2D eigenvalue weighted by molar-refractivity contribution is 0.0927. The van der Waals surface area contributed by atoms with Crippen LogP contribution in [0.4, 0.5) is 0 Å². The van der Waals surface area contributed by atoms with Gasteiger partial charge in [0.05, 0.1) is 0 Å². The first kappa shape index (κ1) is 14.5. The zero-order chi connectivity index (χ0) is 14.7. The Kier molecular flexibility index (Phi) is 4.51. The van der Waals surface area contributed by atoms with Crippen molar-refractivity contribution in [3.63, 3.8) is 0 Å². The van der Waals surface area contributed by atoms with Gasteiger partial charge in [-0.15, -0.1) is 0 Å². The number of hydrogen-bond donors (Lipinski definition) is 2. The molecule has 0 aliphatic heterocycles. The quantitative estimate of drug-likeness (QED) is 0.514. The van der Waals surface area contributed by atoms with Crippen molar-refractivity contribution < 1.29 is 9.21 Å². The van der Waals surface area contributed by atoms with Gasteiger partial charge in [-0.3, -0.25) is 10.2 Å². The highest BCUT2D eigenvalue weighted by molar-refractivity contribution is 7.99. The van der Waals surface area contributed by atoms with Crippen molar-refractivity contribution in [3.05, 3.63) is 35.6 Å². The minimum absolute atomic E-state index is 0.349. The minimum atomic E-state index is -0.356. The molecule has 5 heteroatoms. The lowest BCUT2D eigenvalue weighted by atomic mass is 10.0. The molecule has 1 fully saturated rings. The summed E-state index contributed by atoms with van der Waals surface area (Å²) in [5, 5.41) is 1.71. The molecule has 21 heavy (non-hydrogen) atoms. The van der Waals surface area contributed by atoms with Crippen molar-refractivity contribution in [2.45, 2.75) is 43.1 Å². The maximum absolute atomic E-state index is 11.9. The fourth-order valence-corrected chi connectivity index (χ4v) is 4.28. The molecule has 112 valence electrons. The molecule has 0 saturated heterocycles. The number of thioether (sulfide) groups is 1. The molecule has 1 aromatic carbocycles. The average Bonchev–Trinajstić information content (AvgIpc) is 2.92. The summed E-state index contributed by atoms with van der Waals surface area (Å²) >= 11 is 1.93. The highest BCUT2D eigenvalue weighted by Crippen LogP contribution is 2.34. The highest BCUT2D eigenvalue weighted by Gasteiger charge is 2.21. The zero-order valence-corrected chi connectivity index (χ0v) is 12.7. The molecule has 0 unspecified atom stereocenters. The third-order valence-corrected chi connectivity index (χ3v) is 5.45. The second-order valence-corrected chi connectivity index (χ2v) is 6.74. The Hall–Kier alpha value is -1.46. The smallest absolute Gasteiger partial charge is 0.301 e. The van der Waals surface area contributed by atoms with Crippen LogP contribution in [0.15, 0.2) is 28.7 Å². The van der Waals surface area contributed by atoms with Crippen molar-refractivity contribution in [1.82, 2.24) is 5.43 Å². The van der Waals surface area contributed by atoms with E-state index in [0.29, 0.717) is 11.0 Å². The Morgan fingerprint density at radius 3 is 2.81 bits per heavy atom. The SMILES string of the molecule is NNC(=O)c1oc2ccccc2c1CSC1CCCCC1. The Morgan fingerprint density at radius 2 is 2.05 bits per heavy atom. The molecule has 3 rings (SSSR count). The minimum Gasteiger partial charge on any atom is -0.451 e. The van der Waals surface area contributed by atoms with Gasteiger partial charge in [-0.25, -0.2) is 5.84 Å². The Labute approximate surface area is 128 Å². The highest BCUT2D eigenvalue weighted by atomic mass is 32.2. The summed E-state index contributed by atoms with van der Waals surface area (Å²) in [6.07, 6.45) is 6.55. The topological polar surface area (TPSA) is 68.3 Å². The second kappa shape index (κ2) is 6.54. The standard InChI is InChI=1S/C16H20N2O2S/c17-18-16(19)15-13(10-21-11-6-2-1-3-7-11)12-8-4-5-9-14(12)20-15/h4-5,8-9,11H,1-3,6-7,10,17H2,(H,18,19). The Morgan fingerprint density at radius 1 is 1.29 bits per heavy atom. The van der Waals surface area contributed by atoms with E-state index in [1.807, 2.05) is 36.0 Å². The van der Waals surface area contributed by atoms with E-state index in [-0.39, 0.29) is 5.91 Å². The van der Waals surface area contributed by atoms with Crippen LogP contribution < -0.4 is 11.3 Å². The van der Waals surface area contributed by atoms with Crippen LogP contribution in [0.5, 0.6) is 0 Å². The number of hydrogen-bond acceptors (Lipinski definition) is 4. The summed E-state index contributed by atoms with van der Waals surface area (Å²) in [5.74, 6) is 6.06. The molecule has 0 spiro atoms. The number of fused-ring (bicyclic) bond motifs is 1. The monoisotopic (exact) mass is 304 g/mol. The molecule has 1 amide bonds. The zero-order valence-electron chi connectivity index (χ0n) is 11.9.